The summed E-state index contributed by atoms with van der Waals surface area (Å²) in [6.45, 7) is 0.422. The average molecular weight is 208 g/mol. The van der Waals surface area contributed by atoms with Crippen LogP contribution in [0.3, 0.4) is 0 Å². The highest BCUT2D eigenvalue weighted by Gasteiger charge is 2.49. The van der Waals surface area contributed by atoms with Gasteiger partial charge < -0.3 is 4.74 Å². The van der Waals surface area contributed by atoms with Crippen molar-refractivity contribution in [2.24, 2.45) is 11.8 Å². The Morgan fingerprint density at radius 1 is 1.36 bits per heavy atom. The molecule has 0 bridgehead atoms. The molecule has 1 heterocycles. The Kier molecular flexibility index (Phi) is 2.29. The van der Waals surface area contributed by atoms with Gasteiger partial charge in [0.1, 0.15) is 5.78 Å². The molecule has 0 amide bonds. The summed E-state index contributed by atoms with van der Waals surface area (Å²) in [7, 11) is 0. The summed E-state index contributed by atoms with van der Waals surface area (Å²) in [4.78, 5) is 11.4. The highest BCUT2D eigenvalue weighted by atomic mass is 19.4. The Labute approximate surface area is 79.4 Å². The molecule has 3 atom stereocenters. The third-order valence-corrected chi connectivity index (χ3v) is 3.05. The maximum absolute atomic E-state index is 12.4. The van der Waals surface area contributed by atoms with Crippen molar-refractivity contribution in [3.8, 4) is 0 Å². The van der Waals surface area contributed by atoms with Gasteiger partial charge in [-0.3, -0.25) is 4.79 Å². The number of hydrogen-bond donors (Lipinski definition) is 0. The number of ether oxygens (including phenoxy) is 1. The molecule has 0 aromatic carbocycles. The number of Topliss-reactive ketones (excluding diaryl/α,β-unsaturated/α-hetero) is 1. The lowest BCUT2D eigenvalue weighted by molar-refractivity contribution is -0.193. The average Bonchev–Trinajstić information content (AvgIpc) is 2.50. The molecule has 2 nitrogen and oxygen atoms in total. The maximum Gasteiger partial charge on any atom is 0.392 e. The van der Waals surface area contributed by atoms with Crippen molar-refractivity contribution in [2.75, 3.05) is 6.61 Å². The number of rotatable bonds is 0. The third kappa shape index (κ3) is 1.65. The van der Waals surface area contributed by atoms with Crippen molar-refractivity contribution in [1.82, 2.24) is 0 Å². The van der Waals surface area contributed by atoms with E-state index < -0.39 is 18.2 Å². The van der Waals surface area contributed by atoms with E-state index in [4.69, 9.17) is 4.74 Å². The molecule has 1 aliphatic carbocycles. The molecule has 2 rings (SSSR count). The van der Waals surface area contributed by atoms with Gasteiger partial charge in [-0.2, -0.15) is 13.2 Å². The van der Waals surface area contributed by atoms with Crippen LogP contribution in [-0.2, 0) is 9.53 Å². The zero-order valence-electron chi connectivity index (χ0n) is 7.51. The van der Waals surface area contributed by atoms with Gasteiger partial charge in [-0.25, -0.2) is 0 Å². The van der Waals surface area contributed by atoms with Crippen LogP contribution in [0.5, 0.6) is 0 Å². The van der Waals surface area contributed by atoms with Crippen LogP contribution in [0.4, 0.5) is 13.2 Å². The van der Waals surface area contributed by atoms with E-state index in [0.29, 0.717) is 13.0 Å². The topological polar surface area (TPSA) is 26.3 Å². The van der Waals surface area contributed by atoms with Crippen molar-refractivity contribution in [2.45, 2.75) is 31.5 Å². The molecule has 1 saturated heterocycles. The highest BCUT2D eigenvalue weighted by molar-refractivity contribution is 5.83. The molecule has 0 unspecified atom stereocenters. The van der Waals surface area contributed by atoms with E-state index in [1.54, 1.807) is 0 Å². The second kappa shape index (κ2) is 3.22. The molecule has 0 N–H and O–H groups in total. The quantitative estimate of drug-likeness (QED) is 0.608. The van der Waals surface area contributed by atoms with E-state index in [-0.39, 0.29) is 24.5 Å². The van der Waals surface area contributed by atoms with E-state index >= 15 is 0 Å². The fourth-order valence-electron chi connectivity index (χ4n) is 2.26. The molecule has 14 heavy (non-hydrogen) atoms. The molecular formula is C9H11F3O2. The van der Waals surface area contributed by atoms with Crippen molar-refractivity contribution < 1.29 is 22.7 Å². The number of hydrogen-bond acceptors (Lipinski definition) is 2. The number of fused-ring (bicyclic) bond motifs is 1. The lowest BCUT2D eigenvalue weighted by Gasteiger charge is -2.30. The zero-order valence-corrected chi connectivity index (χ0v) is 7.51. The number of carbonyl (C=O) groups is 1. The van der Waals surface area contributed by atoms with E-state index in [9.17, 15) is 18.0 Å². The van der Waals surface area contributed by atoms with Crippen molar-refractivity contribution in [1.29, 1.82) is 0 Å². The van der Waals surface area contributed by atoms with Gasteiger partial charge in [-0.05, 0) is 12.8 Å². The van der Waals surface area contributed by atoms with Crippen molar-refractivity contribution in [3.63, 3.8) is 0 Å². The Morgan fingerprint density at radius 3 is 2.71 bits per heavy atom. The van der Waals surface area contributed by atoms with Crippen LogP contribution in [0.15, 0.2) is 0 Å². The molecule has 80 valence electrons. The standard InChI is InChI=1S/C9H11F3O2/c10-9(11,12)5-3-7(13)6-1-2-14-8(6)4-5/h5-6,8H,1-4H2/t5-,6+,8-/m0/s1. The van der Waals surface area contributed by atoms with Gasteiger partial charge in [0.25, 0.3) is 0 Å². The monoisotopic (exact) mass is 208 g/mol. The molecular weight excluding hydrogens is 197 g/mol. The Balaban J connectivity index is 2.10. The molecule has 2 aliphatic rings. The number of carbonyl (C=O) groups excluding carboxylic acids is 1. The fourth-order valence-corrected chi connectivity index (χ4v) is 2.26. The van der Waals surface area contributed by atoms with Crippen LogP contribution in [0.2, 0.25) is 0 Å². The molecule has 0 aromatic heterocycles. The lowest BCUT2D eigenvalue weighted by Crippen LogP contribution is -2.39. The highest BCUT2D eigenvalue weighted by Crippen LogP contribution is 2.42. The van der Waals surface area contributed by atoms with E-state index in [1.165, 1.54) is 0 Å². The summed E-state index contributed by atoms with van der Waals surface area (Å²) in [5.41, 5.74) is 0. The third-order valence-electron chi connectivity index (χ3n) is 3.05. The van der Waals surface area contributed by atoms with Crippen LogP contribution >= 0.6 is 0 Å². The van der Waals surface area contributed by atoms with E-state index in [0.717, 1.165) is 0 Å². The van der Waals surface area contributed by atoms with Crippen molar-refractivity contribution >= 4 is 5.78 Å². The van der Waals surface area contributed by atoms with E-state index in [2.05, 4.69) is 0 Å². The largest absolute Gasteiger partial charge is 0.392 e. The zero-order chi connectivity index (χ0) is 10.3. The first-order chi connectivity index (χ1) is 6.48. The second-order valence-electron chi connectivity index (χ2n) is 3.95. The van der Waals surface area contributed by atoms with E-state index in [1.807, 2.05) is 0 Å². The van der Waals surface area contributed by atoms with Gasteiger partial charge in [0.15, 0.2) is 0 Å². The Hall–Kier alpha value is -0.580. The van der Waals surface area contributed by atoms with Gasteiger partial charge in [0.05, 0.1) is 12.0 Å². The van der Waals surface area contributed by atoms with Crippen LogP contribution in [-0.4, -0.2) is 24.7 Å². The summed E-state index contributed by atoms with van der Waals surface area (Å²) in [6.07, 6.45) is -4.54. The molecule has 5 heteroatoms. The molecule has 1 saturated carbocycles. The summed E-state index contributed by atoms with van der Waals surface area (Å²) < 4.78 is 42.2. The minimum absolute atomic E-state index is 0.0418. The molecule has 0 aromatic rings. The molecule has 2 fully saturated rings. The lowest BCUT2D eigenvalue weighted by atomic mass is 9.78. The van der Waals surface area contributed by atoms with Crippen molar-refractivity contribution in [3.05, 3.63) is 0 Å². The predicted octanol–water partition coefficient (Wildman–Crippen LogP) is 1.93. The molecule has 0 spiro atoms. The molecule has 1 aliphatic heterocycles. The Bertz CT molecular complexity index is 249. The van der Waals surface area contributed by atoms with Gasteiger partial charge in [0.2, 0.25) is 0 Å². The van der Waals surface area contributed by atoms with Gasteiger partial charge in [0, 0.05) is 18.9 Å². The number of halogens is 3. The first kappa shape index (κ1) is 9.96. The smallest absolute Gasteiger partial charge is 0.377 e. The van der Waals surface area contributed by atoms with Gasteiger partial charge >= 0.3 is 6.18 Å². The minimum atomic E-state index is -4.26. The fraction of sp³-hybridized carbons (Fsp3) is 0.889. The van der Waals surface area contributed by atoms with Crippen LogP contribution in [0.25, 0.3) is 0 Å². The van der Waals surface area contributed by atoms with Crippen LogP contribution < -0.4 is 0 Å². The first-order valence-corrected chi connectivity index (χ1v) is 4.69. The summed E-state index contributed by atoms with van der Waals surface area (Å²) in [6, 6.07) is 0. The number of ketones is 1. The van der Waals surface area contributed by atoms with Crippen LogP contribution in [0.1, 0.15) is 19.3 Å². The first-order valence-electron chi connectivity index (χ1n) is 4.69. The second-order valence-corrected chi connectivity index (χ2v) is 3.95. The van der Waals surface area contributed by atoms with Gasteiger partial charge in [-0.15, -0.1) is 0 Å². The summed E-state index contributed by atoms with van der Waals surface area (Å²) in [5.74, 6) is -2.04. The normalized spacial score (nSPS) is 38.5. The number of alkyl halides is 3. The SMILES string of the molecule is O=C1C[C@H](C(F)(F)F)C[C@@H]2OCC[C@H]12. The van der Waals surface area contributed by atoms with Gasteiger partial charge in [-0.1, -0.05) is 0 Å². The Morgan fingerprint density at radius 2 is 2.07 bits per heavy atom. The predicted molar refractivity (Wildman–Crippen MR) is 41.6 cm³/mol. The molecule has 0 radical (unpaired) electrons. The summed E-state index contributed by atoms with van der Waals surface area (Å²) in [5, 5.41) is 0. The summed E-state index contributed by atoms with van der Waals surface area (Å²) >= 11 is 0. The maximum atomic E-state index is 12.4. The van der Waals surface area contributed by atoms with Crippen LogP contribution in [0, 0.1) is 11.8 Å². The minimum Gasteiger partial charge on any atom is -0.377 e.